The third kappa shape index (κ3) is 8.10. The van der Waals surface area contributed by atoms with E-state index in [-0.39, 0.29) is 18.9 Å². The van der Waals surface area contributed by atoms with Crippen LogP contribution in [0, 0.1) is 17.8 Å². The van der Waals surface area contributed by atoms with Gasteiger partial charge < -0.3 is 14.6 Å². The first-order chi connectivity index (χ1) is 14.4. The third-order valence-corrected chi connectivity index (χ3v) is 5.37. The van der Waals surface area contributed by atoms with Gasteiger partial charge in [-0.15, -0.1) is 12.3 Å². The predicted molar refractivity (Wildman–Crippen MR) is 118 cm³/mol. The van der Waals surface area contributed by atoms with Crippen LogP contribution in [0.1, 0.15) is 77.7 Å². The number of hydrogen-bond donors (Lipinski definition) is 1. The molecule has 2 atom stereocenters. The monoisotopic (exact) mass is 416 g/mol. The topological polar surface area (TPSA) is 72.8 Å². The van der Waals surface area contributed by atoms with E-state index in [9.17, 15) is 14.7 Å². The number of esters is 1. The second kappa shape index (κ2) is 13.7. The summed E-state index contributed by atoms with van der Waals surface area (Å²) in [6.07, 6.45) is 11.9. The molecule has 0 aromatic heterocycles. The van der Waals surface area contributed by atoms with Crippen LogP contribution in [0.15, 0.2) is 24.3 Å². The summed E-state index contributed by atoms with van der Waals surface area (Å²) >= 11 is 0. The number of aliphatic carboxylic acids is 1. The fraction of sp³-hybridized carbons (Fsp3) is 0.600. The lowest BCUT2D eigenvalue weighted by atomic mass is 9.79. The zero-order valence-electron chi connectivity index (χ0n) is 18.6. The second-order valence-electron chi connectivity index (χ2n) is 7.80. The molecule has 1 N–H and O–H groups in total. The van der Waals surface area contributed by atoms with Crippen molar-refractivity contribution in [1.82, 2.24) is 0 Å². The largest absolute Gasteiger partial charge is 0.494 e. The first kappa shape index (κ1) is 25.6. The van der Waals surface area contributed by atoms with Crippen LogP contribution in [0.5, 0.6) is 5.75 Å². The van der Waals surface area contributed by atoms with Gasteiger partial charge in [-0.1, -0.05) is 51.7 Å². The Balaban J connectivity index is 2.69. The zero-order chi connectivity index (χ0) is 22.4. The minimum atomic E-state index is -1.73. The summed E-state index contributed by atoms with van der Waals surface area (Å²) in [6.45, 7) is 6.49. The Labute approximate surface area is 181 Å². The average molecular weight is 417 g/mol. The van der Waals surface area contributed by atoms with E-state index in [1.165, 1.54) is 25.7 Å². The molecule has 0 saturated carbocycles. The average Bonchev–Trinajstić information content (AvgIpc) is 2.74. The van der Waals surface area contributed by atoms with Gasteiger partial charge in [0.25, 0.3) is 0 Å². The number of unbranched alkanes of at least 4 members (excludes halogenated alkanes) is 4. The van der Waals surface area contributed by atoms with Crippen LogP contribution in [0.2, 0.25) is 0 Å². The number of ether oxygens (including phenoxy) is 2. The minimum absolute atomic E-state index is 0.0828. The standard InChI is InChI=1S/C25H36O5/c1-5-8-9-10-11-19-29-22-14-12-21(13-15-22)16-18-25(17-6-2,23(26)27)24(28)30-20(4)7-3/h2,12-15,20H,5,7-11,16-19H2,1,3-4H3,(H,26,27). The van der Waals surface area contributed by atoms with Crippen LogP contribution in [-0.2, 0) is 20.7 Å². The molecule has 0 fully saturated rings. The quantitative estimate of drug-likeness (QED) is 0.179. The summed E-state index contributed by atoms with van der Waals surface area (Å²) in [5.74, 6) is 1.14. The Kier molecular flexibility index (Phi) is 11.7. The van der Waals surface area contributed by atoms with E-state index in [0.29, 0.717) is 19.4 Å². The highest BCUT2D eigenvalue weighted by Crippen LogP contribution is 2.32. The van der Waals surface area contributed by atoms with Gasteiger partial charge in [0, 0.05) is 6.42 Å². The Hall–Kier alpha value is -2.48. The van der Waals surface area contributed by atoms with Crippen LogP contribution in [0.3, 0.4) is 0 Å². The van der Waals surface area contributed by atoms with Crippen molar-refractivity contribution < 1.29 is 24.2 Å². The molecular weight excluding hydrogens is 380 g/mol. The number of carboxylic acid groups (broad SMARTS) is 1. The van der Waals surface area contributed by atoms with E-state index < -0.39 is 17.4 Å². The van der Waals surface area contributed by atoms with Crippen molar-refractivity contribution in [3.8, 4) is 18.1 Å². The fourth-order valence-corrected chi connectivity index (χ4v) is 3.09. The lowest BCUT2D eigenvalue weighted by molar-refractivity contribution is -0.172. The van der Waals surface area contributed by atoms with Gasteiger partial charge in [0.1, 0.15) is 5.75 Å². The molecule has 2 unspecified atom stereocenters. The van der Waals surface area contributed by atoms with Gasteiger partial charge in [-0.25, -0.2) is 0 Å². The van der Waals surface area contributed by atoms with Crippen molar-refractivity contribution in [2.45, 2.75) is 84.7 Å². The Bertz CT molecular complexity index is 688. The van der Waals surface area contributed by atoms with Gasteiger partial charge in [-0.2, -0.15) is 0 Å². The van der Waals surface area contributed by atoms with E-state index in [2.05, 4.69) is 12.8 Å². The maximum Gasteiger partial charge on any atom is 0.324 e. The normalized spacial score (nSPS) is 13.7. The summed E-state index contributed by atoms with van der Waals surface area (Å²) in [5.41, 5.74) is -0.810. The minimum Gasteiger partial charge on any atom is -0.494 e. The number of terminal acetylenes is 1. The van der Waals surface area contributed by atoms with Crippen molar-refractivity contribution in [2.24, 2.45) is 5.41 Å². The molecule has 0 spiro atoms. The molecule has 5 nitrogen and oxygen atoms in total. The highest BCUT2D eigenvalue weighted by atomic mass is 16.5. The number of carbonyl (C=O) groups is 2. The molecule has 30 heavy (non-hydrogen) atoms. The van der Waals surface area contributed by atoms with E-state index in [1.54, 1.807) is 6.92 Å². The first-order valence-corrected chi connectivity index (χ1v) is 11.0. The lowest BCUT2D eigenvalue weighted by Gasteiger charge is -2.27. The van der Waals surface area contributed by atoms with Crippen molar-refractivity contribution in [1.29, 1.82) is 0 Å². The van der Waals surface area contributed by atoms with E-state index in [1.807, 2.05) is 31.2 Å². The fourth-order valence-electron chi connectivity index (χ4n) is 3.09. The summed E-state index contributed by atoms with van der Waals surface area (Å²) in [4.78, 5) is 24.6. The Morgan fingerprint density at radius 3 is 2.37 bits per heavy atom. The molecule has 0 aliphatic rings. The van der Waals surface area contributed by atoms with Crippen LogP contribution in [-0.4, -0.2) is 29.8 Å². The van der Waals surface area contributed by atoms with Crippen molar-refractivity contribution in [3.63, 3.8) is 0 Å². The molecular formula is C25H36O5. The van der Waals surface area contributed by atoms with Gasteiger partial charge in [0.2, 0.25) is 0 Å². The van der Waals surface area contributed by atoms with Crippen LogP contribution in [0.4, 0.5) is 0 Å². The highest BCUT2D eigenvalue weighted by Gasteiger charge is 2.47. The third-order valence-electron chi connectivity index (χ3n) is 5.37. The Morgan fingerprint density at radius 2 is 1.80 bits per heavy atom. The van der Waals surface area contributed by atoms with Gasteiger partial charge in [-0.05, 0) is 50.3 Å². The predicted octanol–water partition coefficient (Wildman–Crippen LogP) is 5.40. The molecule has 0 aliphatic carbocycles. The molecule has 5 heteroatoms. The maximum absolute atomic E-state index is 12.6. The molecule has 166 valence electrons. The number of carbonyl (C=O) groups excluding carboxylic acids is 1. The molecule has 0 amide bonds. The lowest BCUT2D eigenvalue weighted by Crippen LogP contribution is -2.42. The van der Waals surface area contributed by atoms with Crippen LogP contribution >= 0.6 is 0 Å². The number of carboxylic acids is 1. The van der Waals surface area contributed by atoms with Gasteiger partial charge in [-0.3, -0.25) is 9.59 Å². The highest BCUT2D eigenvalue weighted by molar-refractivity contribution is 5.99. The molecule has 1 aromatic carbocycles. The van der Waals surface area contributed by atoms with E-state index in [0.717, 1.165) is 17.7 Å². The number of rotatable bonds is 15. The molecule has 0 bridgehead atoms. The van der Waals surface area contributed by atoms with Gasteiger partial charge >= 0.3 is 11.9 Å². The van der Waals surface area contributed by atoms with Gasteiger partial charge in [0.15, 0.2) is 5.41 Å². The molecule has 0 radical (unpaired) electrons. The summed E-state index contributed by atoms with van der Waals surface area (Å²) < 4.78 is 11.1. The van der Waals surface area contributed by atoms with Crippen LogP contribution < -0.4 is 4.74 Å². The molecule has 1 rings (SSSR count). The SMILES string of the molecule is C#CCC(CCc1ccc(OCCCCCCC)cc1)(C(=O)O)C(=O)OC(C)CC. The Morgan fingerprint density at radius 1 is 1.13 bits per heavy atom. The van der Waals surface area contributed by atoms with Gasteiger partial charge in [0.05, 0.1) is 12.7 Å². The summed E-state index contributed by atoms with van der Waals surface area (Å²) in [6, 6.07) is 7.55. The number of hydrogen-bond acceptors (Lipinski definition) is 4. The molecule has 0 heterocycles. The zero-order valence-corrected chi connectivity index (χ0v) is 18.6. The molecule has 1 aromatic rings. The number of benzene rings is 1. The second-order valence-corrected chi connectivity index (χ2v) is 7.80. The summed E-state index contributed by atoms with van der Waals surface area (Å²) in [7, 11) is 0. The molecule has 0 saturated heterocycles. The number of aryl methyl sites for hydroxylation is 1. The van der Waals surface area contributed by atoms with Crippen molar-refractivity contribution in [3.05, 3.63) is 29.8 Å². The van der Waals surface area contributed by atoms with Crippen LogP contribution in [0.25, 0.3) is 0 Å². The first-order valence-electron chi connectivity index (χ1n) is 11.0. The smallest absolute Gasteiger partial charge is 0.324 e. The summed E-state index contributed by atoms with van der Waals surface area (Å²) in [5, 5.41) is 9.79. The molecule has 0 aliphatic heterocycles. The van der Waals surface area contributed by atoms with Crippen molar-refractivity contribution in [2.75, 3.05) is 6.61 Å². The van der Waals surface area contributed by atoms with Crippen molar-refractivity contribution >= 4 is 11.9 Å². The maximum atomic E-state index is 12.6. The van der Waals surface area contributed by atoms with E-state index in [4.69, 9.17) is 15.9 Å². The van der Waals surface area contributed by atoms with E-state index >= 15 is 0 Å².